The van der Waals surface area contributed by atoms with Crippen LogP contribution in [0.25, 0.3) is 22.3 Å². The topological polar surface area (TPSA) is 84.4 Å². The summed E-state index contributed by atoms with van der Waals surface area (Å²) in [5.41, 5.74) is 6.05. The number of hydrogen-bond donors (Lipinski definition) is 2. The van der Waals surface area contributed by atoms with Gasteiger partial charge in [-0.1, -0.05) is 6.07 Å². The van der Waals surface area contributed by atoms with Gasteiger partial charge in [0.2, 0.25) is 0 Å². The van der Waals surface area contributed by atoms with Gasteiger partial charge in [0.15, 0.2) is 5.82 Å². The summed E-state index contributed by atoms with van der Waals surface area (Å²) in [6.07, 6.45) is 3.53. The molecule has 2 saturated heterocycles. The lowest BCUT2D eigenvalue weighted by molar-refractivity contribution is 0.0372. The van der Waals surface area contributed by atoms with Gasteiger partial charge in [0, 0.05) is 56.4 Å². The average molecular weight is 421 g/mol. The van der Waals surface area contributed by atoms with Gasteiger partial charge in [-0.05, 0) is 30.7 Å². The first-order valence-corrected chi connectivity index (χ1v) is 10.9. The third-order valence-electron chi connectivity index (χ3n) is 5.80. The minimum absolute atomic E-state index is 0.112. The van der Waals surface area contributed by atoms with E-state index in [9.17, 15) is 0 Å². The lowest BCUT2D eigenvalue weighted by Crippen LogP contribution is -2.42. The highest BCUT2D eigenvalue weighted by atomic mass is 16.5. The molecule has 1 aromatic carbocycles. The zero-order chi connectivity index (χ0) is 21.0. The number of pyridine rings is 1. The van der Waals surface area contributed by atoms with Gasteiger partial charge in [0.1, 0.15) is 5.52 Å². The number of nitrogens with zero attached hydrogens (tertiary/aromatic N) is 4. The molecule has 2 fully saturated rings. The molecule has 0 saturated carbocycles. The van der Waals surface area contributed by atoms with Crippen molar-refractivity contribution in [1.29, 1.82) is 0 Å². The standard InChI is InChI=1S/C23H28N6O2/c1-16-12-17(2-3-21(16)29-7-10-30-11-8-29)19-13-20-22(26-5-4-25-20)23(28-19)27-15-18-14-24-6-9-31-18/h2-5,12-13,18,24H,6-11,14-15H2,1H3,(H,27,28)/t18-/m1/s1. The summed E-state index contributed by atoms with van der Waals surface area (Å²) in [5.74, 6) is 0.740. The van der Waals surface area contributed by atoms with Crippen LogP contribution in [0.3, 0.4) is 0 Å². The number of morpholine rings is 2. The first kappa shape index (κ1) is 20.1. The van der Waals surface area contributed by atoms with Gasteiger partial charge in [0.25, 0.3) is 0 Å². The highest BCUT2D eigenvalue weighted by Gasteiger charge is 2.17. The van der Waals surface area contributed by atoms with Gasteiger partial charge in [-0.3, -0.25) is 4.98 Å². The molecule has 1 atom stereocenters. The fraction of sp³-hybridized carbons (Fsp3) is 0.435. The number of nitrogens with one attached hydrogen (secondary N) is 2. The summed E-state index contributed by atoms with van der Waals surface area (Å²) in [5, 5.41) is 6.80. The molecule has 162 valence electrons. The molecule has 8 heteroatoms. The molecule has 2 aliphatic heterocycles. The lowest BCUT2D eigenvalue weighted by atomic mass is 10.0. The summed E-state index contributed by atoms with van der Waals surface area (Å²) in [7, 11) is 0. The molecule has 2 aliphatic rings. The highest BCUT2D eigenvalue weighted by molar-refractivity contribution is 5.88. The number of ether oxygens (including phenoxy) is 2. The molecule has 8 nitrogen and oxygen atoms in total. The second kappa shape index (κ2) is 9.13. The van der Waals surface area contributed by atoms with Gasteiger partial charge >= 0.3 is 0 Å². The monoisotopic (exact) mass is 420 g/mol. The van der Waals surface area contributed by atoms with Crippen molar-refractivity contribution in [3.05, 3.63) is 42.2 Å². The number of rotatable bonds is 5. The van der Waals surface area contributed by atoms with Crippen LogP contribution >= 0.6 is 0 Å². The Bertz CT molecular complexity index is 1050. The van der Waals surface area contributed by atoms with E-state index in [1.807, 2.05) is 6.07 Å². The molecule has 2 aromatic heterocycles. The Morgan fingerprint density at radius 2 is 2.00 bits per heavy atom. The van der Waals surface area contributed by atoms with Crippen LogP contribution in [0, 0.1) is 6.92 Å². The summed E-state index contributed by atoms with van der Waals surface area (Å²) < 4.78 is 11.3. The lowest BCUT2D eigenvalue weighted by Gasteiger charge is -2.30. The third-order valence-corrected chi connectivity index (χ3v) is 5.80. The van der Waals surface area contributed by atoms with E-state index in [4.69, 9.17) is 14.5 Å². The molecule has 0 amide bonds. The molecular formula is C23H28N6O2. The predicted octanol–water partition coefficient (Wildman–Crippen LogP) is 2.24. The van der Waals surface area contributed by atoms with Crippen LogP contribution in [0.15, 0.2) is 36.7 Å². The fourth-order valence-electron chi connectivity index (χ4n) is 4.18. The van der Waals surface area contributed by atoms with E-state index in [0.717, 1.165) is 74.1 Å². The Morgan fingerprint density at radius 1 is 1.13 bits per heavy atom. The van der Waals surface area contributed by atoms with Crippen molar-refractivity contribution in [2.45, 2.75) is 13.0 Å². The maximum Gasteiger partial charge on any atom is 0.154 e. The first-order chi connectivity index (χ1) is 15.3. The van der Waals surface area contributed by atoms with Crippen LogP contribution < -0.4 is 15.5 Å². The smallest absolute Gasteiger partial charge is 0.154 e. The SMILES string of the molecule is Cc1cc(-c2cc3nccnc3c(NC[C@H]3CNCCO3)n2)ccc1N1CCOCC1. The zero-order valence-electron chi connectivity index (χ0n) is 17.8. The largest absolute Gasteiger partial charge is 0.378 e. The minimum Gasteiger partial charge on any atom is -0.378 e. The Hall–Kier alpha value is -2.81. The predicted molar refractivity (Wildman–Crippen MR) is 122 cm³/mol. The van der Waals surface area contributed by atoms with E-state index in [0.29, 0.717) is 6.54 Å². The van der Waals surface area contributed by atoms with Crippen molar-refractivity contribution in [2.24, 2.45) is 0 Å². The quantitative estimate of drug-likeness (QED) is 0.650. The molecule has 0 bridgehead atoms. The molecule has 0 spiro atoms. The normalized spacial score (nSPS) is 19.5. The molecule has 3 aromatic rings. The summed E-state index contributed by atoms with van der Waals surface area (Å²) in [6, 6.07) is 8.54. The van der Waals surface area contributed by atoms with E-state index in [1.165, 1.54) is 11.3 Å². The van der Waals surface area contributed by atoms with Crippen LogP contribution in [0.4, 0.5) is 11.5 Å². The van der Waals surface area contributed by atoms with Crippen LogP contribution in [-0.2, 0) is 9.47 Å². The van der Waals surface area contributed by atoms with Crippen molar-refractivity contribution in [2.75, 3.05) is 62.8 Å². The van der Waals surface area contributed by atoms with Crippen molar-refractivity contribution in [3.8, 4) is 11.3 Å². The molecular weight excluding hydrogens is 392 g/mol. The third kappa shape index (κ3) is 4.46. The number of fused-ring (bicyclic) bond motifs is 1. The van der Waals surface area contributed by atoms with Crippen molar-refractivity contribution in [1.82, 2.24) is 20.3 Å². The molecule has 0 aliphatic carbocycles. The van der Waals surface area contributed by atoms with E-state index >= 15 is 0 Å². The first-order valence-electron chi connectivity index (χ1n) is 10.9. The van der Waals surface area contributed by atoms with Crippen LogP contribution in [0.5, 0.6) is 0 Å². The Labute approximate surface area is 182 Å². The van der Waals surface area contributed by atoms with Crippen LogP contribution in [-0.4, -0.2) is 73.6 Å². The van der Waals surface area contributed by atoms with E-state index in [1.54, 1.807) is 12.4 Å². The molecule has 31 heavy (non-hydrogen) atoms. The van der Waals surface area contributed by atoms with Crippen LogP contribution in [0.1, 0.15) is 5.56 Å². The second-order valence-electron chi connectivity index (χ2n) is 7.96. The maximum absolute atomic E-state index is 5.81. The van der Waals surface area contributed by atoms with Crippen molar-refractivity contribution >= 4 is 22.5 Å². The minimum atomic E-state index is 0.112. The maximum atomic E-state index is 5.81. The van der Waals surface area contributed by atoms with Gasteiger partial charge < -0.3 is 25.0 Å². The van der Waals surface area contributed by atoms with Crippen molar-refractivity contribution < 1.29 is 9.47 Å². The number of hydrogen-bond acceptors (Lipinski definition) is 8. The number of anilines is 2. The highest BCUT2D eigenvalue weighted by Crippen LogP contribution is 2.30. The number of aryl methyl sites for hydroxylation is 1. The Morgan fingerprint density at radius 3 is 2.81 bits per heavy atom. The van der Waals surface area contributed by atoms with E-state index in [2.05, 4.69) is 50.6 Å². The van der Waals surface area contributed by atoms with E-state index in [-0.39, 0.29) is 6.10 Å². The van der Waals surface area contributed by atoms with Gasteiger partial charge in [-0.25, -0.2) is 9.97 Å². The summed E-state index contributed by atoms with van der Waals surface area (Å²) in [4.78, 5) is 16.3. The molecule has 2 N–H and O–H groups in total. The summed E-state index contributed by atoms with van der Waals surface area (Å²) >= 11 is 0. The second-order valence-corrected chi connectivity index (χ2v) is 7.96. The van der Waals surface area contributed by atoms with E-state index < -0.39 is 0 Å². The zero-order valence-corrected chi connectivity index (χ0v) is 17.8. The van der Waals surface area contributed by atoms with Crippen molar-refractivity contribution in [3.63, 3.8) is 0 Å². The molecule has 0 unspecified atom stereocenters. The number of aromatic nitrogens is 3. The molecule has 4 heterocycles. The molecule has 5 rings (SSSR count). The van der Waals surface area contributed by atoms with Gasteiger partial charge in [-0.2, -0.15) is 0 Å². The Kier molecular flexibility index (Phi) is 5.93. The average Bonchev–Trinajstić information content (AvgIpc) is 2.83. The fourth-order valence-corrected chi connectivity index (χ4v) is 4.18. The number of benzene rings is 1. The van der Waals surface area contributed by atoms with Crippen LogP contribution in [0.2, 0.25) is 0 Å². The Balaban J connectivity index is 1.44. The molecule has 0 radical (unpaired) electrons. The van der Waals surface area contributed by atoms with Gasteiger partial charge in [0.05, 0.1) is 37.1 Å². The summed E-state index contributed by atoms with van der Waals surface area (Å²) in [6.45, 7) is 8.70. The van der Waals surface area contributed by atoms with Gasteiger partial charge in [-0.15, -0.1) is 0 Å².